The summed E-state index contributed by atoms with van der Waals surface area (Å²) in [4.78, 5) is 0. The number of benzene rings is 1. The number of aliphatic hydroxyl groups is 1. The first-order valence-corrected chi connectivity index (χ1v) is 5.37. The van der Waals surface area contributed by atoms with Gasteiger partial charge in [0.05, 0.1) is 6.61 Å². The molecule has 0 amide bonds. The molecule has 1 aromatic rings. The Morgan fingerprint density at radius 3 is 2.88 bits per heavy atom. The first-order chi connectivity index (χ1) is 8.27. The molecule has 0 saturated heterocycles. The van der Waals surface area contributed by atoms with E-state index in [9.17, 15) is 4.39 Å². The van der Waals surface area contributed by atoms with Gasteiger partial charge in [0, 0.05) is 12.2 Å². The molecule has 0 radical (unpaired) electrons. The number of halogens is 1. The Bertz CT molecular complexity index is 407. The molecule has 0 aliphatic carbocycles. The van der Waals surface area contributed by atoms with E-state index in [2.05, 4.69) is 11.8 Å². The van der Waals surface area contributed by atoms with Crippen molar-refractivity contribution < 1.29 is 19.0 Å². The molecule has 17 heavy (non-hydrogen) atoms. The lowest BCUT2D eigenvalue weighted by molar-refractivity contribution is 0.108. The second-order valence-electron chi connectivity index (χ2n) is 3.15. The highest BCUT2D eigenvalue weighted by Gasteiger charge is 2.03. The van der Waals surface area contributed by atoms with Crippen LogP contribution in [0.4, 0.5) is 4.39 Å². The van der Waals surface area contributed by atoms with Crippen LogP contribution in [0.5, 0.6) is 5.75 Å². The van der Waals surface area contributed by atoms with Gasteiger partial charge in [0.15, 0.2) is 11.6 Å². The predicted molar refractivity (Wildman–Crippen MR) is 62.4 cm³/mol. The van der Waals surface area contributed by atoms with Crippen molar-refractivity contribution in [3.05, 3.63) is 29.6 Å². The maximum absolute atomic E-state index is 13.3. The van der Waals surface area contributed by atoms with Crippen LogP contribution in [0.1, 0.15) is 12.5 Å². The van der Waals surface area contributed by atoms with Crippen LogP contribution in [0.25, 0.3) is 0 Å². The molecular weight excluding hydrogens is 223 g/mol. The zero-order valence-electron chi connectivity index (χ0n) is 9.70. The van der Waals surface area contributed by atoms with Crippen molar-refractivity contribution >= 4 is 0 Å². The SMILES string of the molecule is CCOCCOc1cc(C#CCO)ccc1F. The summed E-state index contributed by atoms with van der Waals surface area (Å²) < 4.78 is 23.6. The van der Waals surface area contributed by atoms with Crippen molar-refractivity contribution in [1.82, 2.24) is 0 Å². The molecule has 0 unspecified atom stereocenters. The second kappa shape index (κ2) is 7.66. The minimum Gasteiger partial charge on any atom is -0.488 e. The maximum atomic E-state index is 13.3. The van der Waals surface area contributed by atoms with Crippen molar-refractivity contribution in [1.29, 1.82) is 0 Å². The van der Waals surface area contributed by atoms with Crippen molar-refractivity contribution in [2.75, 3.05) is 26.4 Å². The summed E-state index contributed by atoms with van der Waals surface area (Å²) in [5, 5.41) is 8.56. The molecule has 1 rings (SSSR count). The van der Waals surface area contributed by atoms with Crippen LogP contribution in [0.3, 0.4) is 0 Å². The summed E-state index contributed by atoms with van der Waals surface area (Å²) in [5.41, 5.74) is 0.604. The molecule has 0 fully saturated rings. The molecule has 0 aliphatic rings. The van der Waals surface area contributed by atoms with Crippen LogP contribution in [0, 0.1) is 17.7 Å². The number of hydrogen-bond donors (Lipinski definition) is 1. The van der Waals surface area contributed by atoms with E-state index in [0.717, 1.165) is 0 Å². The topological polar surface area (TPSA) is 38.7 Å². The molecule has 0 bridgehead atoms. The van der Waals surface area contributed by atoms with Gasteiger partial charge in [-0.3, -0.25) is 0 Å². The standard InChI is InChI=1S/C13H15FO3/c1-2-16-8-9-17-13-10-11(4-3-7-15)5-6-12(13)14/h5-6,10,15H,2,7-9H2,1H3. The highest BCUT2D eigenvalue weighted by Crippen LogP contribution is 2.18. The third-order valence-electron chi connectivity index (χ3n) is 1.93. The van der Waals surface area contributed by atoms with Gasteiger partial charge in [-0.05, 0) is 25.1 Å². The smallest absolute Gasteiger partial charge is 0.165 e. The quantitative estimate of drug-likeness (QED) is 0.625. The van der Waals surface area contributed by atoms with E-state index < -0.39 is 5.82 Å². The minimum absolute atomic E-state index is 0.148. The Kier molecular flexibility index (Phi) is 6.08. The van der Waals surface area contributed by atoms with Crippen LogP contribution >= 0.6 is 0 Å². The minimum atomic E-state index is -0.434. The van der Waals surface area contributed by atoms with Gasteiger partial charge in [0.1, 0.15) is 13.2 Å². The van der Waals surface area contributed by atoms with Crippen molar-refractivity contribution in [2.24, 2.45) is 0 Å². The van der Waals surface area contributed by atoms with Gasteiger partial charge in [-0.25, -0.2) is 4.39 Å². The lowest BCUT2D eigenvalue weighted by Gasteiger charge is -2.07. The zero-order valence-corrected chi connectivity index (χ0v) is 9.70. The molecule has 3 nitrogen and oxygen atoms in total. The van der Waals surface area contributed by atoms with Crippen LogP contribution in [-0.2, 0) is 4.74 Å². The van der Waals surface area contributed by atoms with E-state index in [1.54, 1.807) is 0 Å². The average molecular weight is 238 g/mol. The first kappa shape index (κ1) is 13.5. The van der Waals surface area contributed by atoms with E-state index in [-0.39, 0.29) is 12.4 Å². The Morgan fingerprint density at radius 1 is 1.35 bits per heavy atom. The molecule has 0 aliphatic heterocycles. The van der Waals surface area contributed by atoms with Gasteiger partial charge >= 0.3 is 0 Å². The van der Waals surface area contributed by atoms with Crippen molar-refractivity contribution in [3.8, 4) is 17.6 Å². The largest absolute Gasteiger partial charge is 0.488 e. The number of aliphatic hydroxyl groups excluding tert-OH is 1. The van der Waals surface area contributed by atoms with Gasteiger partial charge in [0.25, 0.3) is 0 Å². The molecule has 1 N–H and O–H groups in total. The average Bonchev–Trinajstić information content (AvgIpc) is 2.35. The molecular formula is C13H15FO3. The van der Waals surface area contributed by atoms with Crippen LogP contribution in [0.2, 0.25) is 0 Å². The van der Waals surface area contributed by atoms with Gasteiger partial charge < -0.3 is 14.6 Å². The van der Waals surface area contributed by atoms with E-state index in [4.69, 9.17) is 14.6 Å². The van der Waals surface area contributed by atoms with E-state index in [1.807, 2.05) is 6.92 Å². The molecule has 0 atom stereocenters. The lowest BCUT2D eigenvalue weighted by Crippen LogP contribution is -2.07. The van der Waals surface area contributed by atoms with Gasteiger partial charge in [0.2, 0.25) is 0 Å². The fourth-order valence-corrected chi connectivity index (χ4v) is 1.19. The fraction of sp³-hybridized carbons (Fsp3) is 0.385. The van der Waals surface area contributed by atoms with E-state index >= 15 is 0 Å². The molecule has 0 aromatic heterocycles. The fourth-order valence-electron chi connectivity index (χ4n) is 1.19. The third-order valence-corrected chi connectivity index (χ3v) is 1.93. The third kappa shape index (κ3) is 4.85. The van der Waals surface area contributed by atoms with Crippen LogP contribution in [0.15, 0.2) is 18.2 Å². The van der Waals surface area contributed by atoms with Gasteiger partial charge in [-0.15, -0.1) is 0 Å². The number of hydrogen-bond acceptors (Lipinski definition) is 3. The molecule has 4 heteroatoms. The zero-order chi connectivity index (χ0) is 12.5. The summed E-state index contributed by atoms with van der Waals surface area (Å²) in [6.07, 6.45) is 0. The Hall–Kier alpha value is -1.57. The lowest BCUT2D eigenvalue weighted by atomic mass is 10.2. The normalized spacial score (nSPS) is 9.59. The molecule has 92 valence electrons. The highest BCUT2D eigenvalue weighted by atomic mass is 19.1. The Morgan fingerprint density at radius 2 is 2.18 bits per heavy atom. The highest BCUT2D eigenvalue weighted by molar-refractivity contribution is 5.40. The summed E-state index contributed by atoms with van der Waals surface area (Å²) in [6.45, 7) is 2.97. The first-order valence-electron chi connectivity index (χ1n) is 5.37. The molecule has 1 aromatic carbocycles. The van der Waals surface area contributed by atoms with Crippen LogP contribution < -0.4 is 4.74 Å². The van der Waals surface area contributed by atoms with Gasteiger partial charge in [-0.2, -0.15) is 0 Å². The summed E-state index contributed by atoms with van der Waals surface area (Å²) >= 11 is 0. The van der Waals surface area contributed by atoms with Crippen molar-refractivity contribution in [3.63, 3.8) is 0 Å². The summed E-state index contributed by atoms with van der Waals surface area (Å²) in [5.74, 6) is 4.89. The Labute approximate surface area is 100 Å². The van der Waals surface area contributed by atoms with Crippen LogP contribution in [-0.4, -0.2) is 31.5 Å². The van der Waals surface area contributed by atoms with E-state index in [1.165, 1.54) is 18.2 Å². The number of rotatable bonds is 5. The van der Waals surface area contributed by atoms with Gasteiger partial charge in [-0.1, -0.05) is 11.8 Å². The van der Waals surface area contributed by atoms with Crippen molar-refractivity contribution in [2.45, 2.75) is 6.92 Å². The summed E-state index contributed by atoms with van der Waals surface area (Å²) in [6, 6.07) is 4.33. The molecule has 0 heterocycles. The molecule has 0 saturated carbocycles. The maximum Gasteiger partial charge on any atom is 0.165 e. The predicted octanol–water partition coefficient (Wildman–Crippen LogP) is 1.58. The Balaban J connectivity index is 2.63. The second-order valence-corrected chi connectivity index (χ2v) is 3.15. The molecule has 0 spiro atoms. The summed E-state index contributed by atoms with van der Waals surface area (Å²) in [7, 11) is 0. The monoisotopic (exact) mass is 238 g/mol. The van der Waals surface area contributed by atoms with E-state index in [0.29, 0.717) is 25.4 Å². The number of ether oxygens (including phenoxy) is 2.